The van der Waals surface area contributed by atoms with Crippen molar-refractivity contribution in [2.45, 2.75) is 30.6 Å². The van der Waals surface area contributed by atoms with Crippen LogP contribution in [0.1, 0.15) is 31.2 Å². The van der Waals surface area contributed by atoms with Crippen molar-refractivity contribution in [3.63, 3.8) is 0 Å². The maximum absolute atomic E-state index is 13.0. The topological polar surface area (TPSA) is 49.4 Å². The van der Waals surface area contributed by atoms with Gasteiger partial charge in [0, 0.05) is 12.2 Å². The van der Waals surface area contributed by atoms with E-state index in [1.165, 1.54) is 17.7 Å². The molecule has 25 heavy (non-hydrogen) atoms. The molecule has 1 aliphatic heterocycles. The summed E-state index contributed by atoms with van der Waals surface area (Å²) in [6.07, 6.45) is 2.30. The maximum atomic E-state index is 13.0. The predicted molar refractivity (Wildman–Crippen MR) is 97.7 cm³/mol. The van der Waals surface area contributed by atoms with Gasteiger partial charge in [-0.2, -0.15) is 0 Å². The Hall–Kier alpha value is -1.92. The molecule has 1 N–H and O–H groups in total. The van der Waals surface area contributed by atoms with E-state index in [9.17, 15) is 12.8 Å². The van der Waals surface area contributed by atoms with Gasteiger partial charge in [-0.25, -0.2) is 12.8 Å². The monoisotopic (exact) mass is 362 g/mol. The van der Waals surface area contributed by atoms with Crippen molar-refractivity contribution in [3.8, 4) is 0 Å². The van der Waals surface area contributed by atoms with E-state index in [4.69, 9.17) is 0 Å². The molecule has 0 bridgehead atoms. The Bertz CT molecular complexity index is 804. The summed E-state index contributed by atoms with van der Waals surface area (Å²) in [5.41, 5.74) is 1.75. The minimum Gasteiger partial charge on any atom is -0.303 e. The van der Waals surface area contributed by atoms with E-state index < -0.39 is 15.8 Å². The molecule has 6 heteroatoms. The molecule has 4 nitrogen and oxygen atoms in total. The Morgan fingerprint density at radius 1 is 1.12 bits per heavy atom. The molecule has 134 valence electrons. The minimum atomic E-state index is -3.70. The molecule has 0 aromatic heterocycles. The Balaban J connectivity index is 1.67. The molecule has 1 atom stereocenters. The van der Waals surface area contributed by atoms with Crippen molar-refractivity contribution in [2.24, 2.45) is 0 Å². The quantitative estimate of drug-likeness (QED) is 0.850. The lowest BCUT2D eigenvalue weighted by molar-refractivity contribution is 0.335. The number of nitrogens with one attached hydrogen (secondary N) is 1. The van der Waals surface area contributed by atoms with Gasteiger partial charge in [-0.15, -0.1) is 0 Å². The number of halogens is 1. The van der Waals surface area contributed by atoms with Crippen LogP contribution in [-0.4, -0.2) is 33.0 Å². The lowest BCUT2D eigenvalue weighted by Crippen LogP contribution is -2.20. The lowest BCUT2D eigenvalue weighted by atomic mass is 9.98. The smallest absolute Gasteiger partial charge is 0.261 e. The number of hydrogen-bond acceptors (Lipinski definition) is 3. The second kappa shape index (κ2) is 7.54. The van der Waals surface area contributed by atoms with Crippen molar-refractivity contribution >= 4 is 15.7 Å². The second-order valence-electron chi connectivity index (χ2n) is 6.47. The highest BCUT2D eigenvalue weighted by molar-refractivity contribution is 7.92. The van der Waals surface area contributed by atoms with Crippen LogP contribution in [-0.2, 0) is 10.0 Å². The fraction of sp³-hybridized carbons (Fsp3) is 0.368. The SMILES string of the molecule is CCCN1CCC(c2ccc(NS(=O)(=O)c3ccc(F)cc3)cc2)C1. The summed E-state index contributed by atoms with van der Waals surface area (Å²) >= 11 is 0. The summed E-state index contributed by atoms with van der Waals surface area (Å²) in [7, 11) is -3.70. The van der Waals surface area contributed by atoms with Crippen molar-refractivity contribution < 1.29 is 12.8 Å². The normalized spacial score (nSPS) is 18.4. The van der Waals surface area contributed by atoms with E-state index in [1.807, 2.05) is 12.1 Å². The molecule has 1 heterocycles. The molecule has 0 radical (unpaired) electrons. The van der Waals surface area contributed by atoms with Crippen LogP contribution in [0.2, 0.25) is 0 Å². The fourth-order valence-corrected chi connectivity index (χ4v) is 4.33. The Kier molecular flexibility index (Phi) is 5.39. The first kappa shape index (κ1) is 17.9. The summed E-state index contributed by atoms with van der Waals surface area (Å²) in [6, 6.07) is 12.3. The third-order valence-corrected chi connectivity index (χ3v) is 5.97. The van der Waals surface area contributed by atoms with Crippen molar-refractivity contribution in [1.82, 2.24) is 4.90 Å². The molecule has 1 saturated heterocycles. The summed E-state index contributed by atoms with van der Waals surface area (Å²) < 4.78 is 40.1. The molecule has 0 spiro atoms. The van der Waals surface area contributed by atoms with Crippen LogP contribution in [0, 0.1) is 5.82 Å². The molecule has 3 rings (SSSR count). The van der Waals surface area contributed by atoms with E-state index in [0.717, 1.165) is 44.6 Å². The molecule has 2 aromatic rings. The number of hydrogen-bond donors (Lipinski definition) is 1. The number of benzene rings is 2. The van der Waals surface area contributed by atoms with Crippen molar-refractivity contribution in [2.75, 3.05) is 24.4 Å². The Morgan fingerprint density at radius 3 is 2.44 bits per heavy atom. The summed E-state index contributed by atoms with van der Waals surface area (Å²) in [4.78, 5) is 2.51. The molecular formula is C19H23FN2O2S. The zero-order valence-electron chi connectivity index (χ0n) is 14.3. The summed E-state index contributed by atoms with van der Waals surface area (Å²) in [6.45, 7) is 5.51. The second-order valence-corrected chi connectivity index (χ2v) is 8.15. The molecule has 0 saturated carbocycles. The highest BCUT2D eigenvalue weighted by atomic mass is 32.2. The molecule has 0 amide bonds. The first-order valence-electron chi connectivity index (χ1n) is 8.58. The molecule has 1 fully saturated rings. The average molecular weight is 362 g/mol. The lowest BCUT2D eigenvalue weighted by Gasteiger charge is -2.15. The first-order valence-corrected chi connectivity index (χ1v) is 10.1. The van der Waals surface area contributed by atoms with Gasteiger partial charge in [-0.3, -0.25) is 4.72 Å². The molecule has 1 aliphatic rings. The Morgan fingerprint density at radius 2 is 1.80 bits per heavy atom. The molecule has 0 aliphatic carbocycles. The molecular weight excluding hydrogens is 339 g/mol. The van der Waals surface area contributed by atoms with E-state index >= 15 is 0 Å². The van der Waals surface area contributed by atoms with Gasteiger partial charge in [-0.05, 0) is 73.8 Å². The van der Waals surface area contributed by atoms with Crippen LogP contribution in [0.3, 0.4) is 0 Å². The summed E-state index contributed by atoms with van der Waals surface area (Å²) in [5, 5.41) is 0. The fourth-order valence-electron chi connectivity index (χ4n) is 3.28. The zero-order chi connectivity index (χ0) is 17.9. The van der Waals surface area contributed by atoms with Crippen LogP contribution < -0.4 is 4.72 Å². The van der Waals surface area contributed by atoms with E-state index in [2.05, 4.69) is 16.5 Å². The number of likely N-dealkylation sites (tertiary alicyclic amines) is 1. The average Bonchev–Trinajstić information content (AvgIpc) is 3.05. The van der Waals surface area contributed by atoms with Gasteiger partial charge in [0.15, 0.2) is 0 Å². The highest BCUT2D eigenvalue weighted by Crippen LogP contribution is 2.28. The number of rotatable bonds is 6. The van der Waals surface area contributed by atoms with Crippen molar-refractivity contribution in [3.05, 3.63) is 59.9 Å². The third-order valence-electron chi connectivity index (χ3n) is 4.57. The van der Waals surface area contributed by atoms with Gasteiger partial charge in [0.05, 0.1) is 4.90 Å². The standard InChI is InChI=1S/C19H23FN2O2S/c1-2-12-22-13-11-16(14-22)15-3-7-18(8-4-15)21-25(23,24)19-9-5-17(20)6-10-19/h3-10,16,21H,2,11-14H2,1H3. The van der Waals surface area contributed by atoms with Crippen LogP contribution in [0.5, 0.6) is 0 Å². The van der Waals surface area contributed by atoms with Crippen LogP contribution in [0.4, 0.5) is 10.1 Å². The Labute approximate surface area is 148 Å². The van der Waals surface area contributed by atoms with Crippen LogP contribution in [0.25, 0.3) is 0 Å². The van der Waals surface area contributed by atoms with Gasteiger partial charge >= 0.3 is 0 Å². The number of anilines is 1. The van der Waals surface area contributed by atoms with Crippen molar-refractivity contribution in [1.29, 1.82) is 0 Å². The zero-order valence-corrected chi connectivity index (χ0v) is 15.1. The van der Waals surface area contributed by atoms with Gasteiger partial charge in [0.25, 0.3) is 10.0 Å². The van der Waals surface area contributed by atoms with Gasteiger partial charge in [0.2, 0.25) is 0 Å². The maximum Gasteiger partial charge on any atom is 0.261 e. The van der Waals surface area contributed by atoms with Crippen LogP contribution >= 0.6 is 0 Å². The molecule has 1 unspecified atom stereocenters. The first-order chi connectivity index (χ1) is 12.0. The largest absolute Gasteiger partial charge is 0.303 e. The van der Waals surface area contributed by atoms with E-state index in [-0.39, 0.29) is 4.90 Å². The van der Waals surface area contributed by atoms with E-state index in [0.29, 0.717) is 11.6 Å². The van der Waals surface area contributed by atoms with Gasteiger partial charge in [0.1, 0.15) is 5.82 Å². The third kappa shape index (κ3) is 4.38. The summed E-state index contributed by atoms with van der Waals surface area (Å²) in [5.74, 6) is 0.0475. The van der Waals surface area contributed by atoms with E-state index in [1.54, 1.807) is 12.1 Å². The molecule has 2 aromatic carbocycles. The van der Waals surface area contributed by atoms with Gasteiger partial charge in [-0.1, -0.05) is 19.1 Å². The number of sulfonamides is 1. The van der Waals surface area contributed by atoms with Gasteiger partial charge < -0.3 is 4.90 Å². The van der Waals surface area contributed by atoms with Crippen LogP contribution in [0.15, 0.2) is 53.4 Å². The minimum absolute atomic E-state index is 0.0453. The number of nitrogens with zero attached hydrogens (tertiary/aromatic N) is 1. The highest BCUT2D eigenvalue weighted by Gasteiger charge is 2.23. The predicted octanol–water partition coefficient (Wildman–Crippen LogP) is 3.83.